The quantitative estimate of drug-likeness (QED) is 0.182. The van der Waals surface area contributed by atoms with Crippen LogP contribution in [0.5, 0.6) is 0 Å². The number of hydrogen-bond donors (Lipinski definition) is 3. The van der Waals surface area contributed by atoms with Gasteiger partial charge >= 0.3 is 0 Å². The molecule has 0 aromatic rings. The first-order valence-corrected chi connectivity index (χ1v) is 7.28. The molecule has 0 aliphatic rings. The summed E-state index contributed by atoms with van der Waals surface area (Å²) >= 11 is 1.91. The van der Waals surface area contributed by atoms with E-state index >= 15 is 0 Å². The number of oxime groups is 1. The van der Waals surface area contributed by atoms with Crippen LogP contribution < -0.4 is 11.1 Å². The Bertz CT molecular complexity index is 188. The summed E-state index contributed by atoms with van der Waals surface area (Å²) in [5, 5.41) is 14.7. The van der Waals surface area contributed by atoms with Gasteiger partial charge in [-0.05, 0) is 38.3 Å². The van der Waals surface area contributed by atoms with E-state index in [-0.39, 0.29) is 6.04 Å². The lowest BCUT2D eigenvalue weighted by Gasteiger charge is -2.12. The van der Waals surface area contributed by atoms with Crippen molar-refractivity contribution in [3.63, 3.8) is 0 Å². The highest BCUT2D eigenvalue weighted by molar-refractivity contribution is 7.98. The first-order valence-electron chi connectivity index (χ1n) is 5.89. The number of amidine groups is 1. The molecule has 1 unspecified atom stereocenters. The zero-order valence-corrected chi connectivity index (χ0v) is 11.2. The molecule has 16 heavy (non-hydrogen) atoms. The summed E-state index contributed by atoms with van der Waals surface area (Å²) in [5.41, 5.74) is 5.42. The molecule has 0 heterocycles. The second-order valence-corrected chi connectivity index (χ2v) is 5.04. The molecule has 0 aromatic heterocycles. The van der Waals surface area contributed by atoms with Crippen molar-refractivity contribution in [2.75, 3.05) is 18.6 Å². The molecule has 0 aliphatic carbocycles. The monoisotopic (exact) mass is 247 g/mol. The average molecular weight is 247 g/mol. The van der Waals surface area contributed by atoms with E-state index in [0.29, 0.717) is 12.3 Å². The second-order valence-electron chi connectivity index (χ2n) is 4.06. The van der Waals surface area contributed by atoms with Gasteiger partial charge in [0.1, 0.15) is 5.84 Å². The summed E-state index contributed by atoms with van der Waals surface area (Å²) in [5.74, 6) is 1.56. The van der Waals surface area contributed by atoms with Crippen molar-refractivity contribution >= 4 is 17.6 Å². The molecule has 0 fully saturated rings. The van der Waals surface area contributed by atoms with Gasteiger partial charge in [-0.3, -0.25) is 0 Å². The van der Waals surface area contributed by atoms with E-state index in [0.717, 1.165) is 6.54 Å². The fraction of sp³-hybridized carbons (Fsp3) is 0.909. The van der Waals surface area contributed by atoms with Crippen LogP contribution in [0.15, 0.2) is 5.16 Å². The maximum atomic E-state index is 8.41. The van der Waals surface area contributed by atoms with Gasteiger partial charge < -0.3 is 16.3 Å². The fourth-order valence-corrected chi connectivity index (χ4v) is 1.99. The Morgan fingerprint density at radius 2 is 2.06 bits per heavy atom. The van der Waals surface area contributed by atoms with Crippen LogP contribution in [0, 0.1) is 0 Å². The van der Waals surface area contributed by atoms with Crippen molar-refractivity contribution in [3.8, 4) is 0 Å². The number of thioether (sulfide) groups is 1. The van der Waals surface area contributed by atoms with E-state index in [1.54, 1.807) is 0 Å². The maximum Gasteiger partial charge on any atom is 0.140 e. The van der Waals surface area contributed by atoms with Crippen LogP contribution in [0.4, 0.5) is 0 Å². The summed E-state index contributed by atoms with van der Waals surface area (Å²) in [6.07, 6.45) is 7.87. The Morgan fingerprint density at radius 1 is 1.38 bits per heavy atom. The van der Waals surface area contributed by atoms with Crippen molar-refractivity contribution in [2.45, 2.75) is 45.1 Å². The SMILES string of the molecule is CSCCCCCCNC(C)CC(N)=NO. The molecule has 0 bridgehead atoms. The first-order chi connectivity index (χ1) is 7.70. The van der Waals surface area contributed by atoms with Crippen LogP contribution in [0.1, 0.15) is 39.0 Å². The largest absolute Gasteiger partial charge is 0.409 e. The van der Waals surface area contributed by atoms with Crippen LogP contribution in [0.3, 0.4) is 0 Å². The normalized spacial score (nSPS) is 14.0. The molecule has 0 saturated heterocycles. The Morgan fingerprint density at radius 3 is 2.69 bits per heavy atom. The second kappa shape index (κ2) is 11.1. The fourth-order valence-electron chi connectivity index (χ4n) is 1.50. The van der Waals surface area contributed by atoms with E-state index < -0.39 is 0 Å². The molecule has 0 aliphatic heterocycles. The molecule has 0 spiro atoms. The number of unbranched alkanes of at least 4 members (excludes halogenated alkanes) is 3. The molecule has 4 N–H and O–H groups in total. The highest BCUT2D eigenvalue weighted by Gasteiger charge is 2.03. The molecule has 1 atom stereocenters. The van der Waals surface area contributed by atoms with Crippen LogP contribution in [-0.4, -0.2) is 35.6 Å². The van der Waals surface area contributed by atoms with Gasteiger partial charge in [0, 0.05) is 12.5 Å². The summed E-state index contributed by atoms with van der Waals surface area (Å²) in [6.45, 7) is 3.06. The van der Waals surface area contributed by atoms with Crippen molar-refractivity contribution < 1.29 is 5.21 Å². The van der Waals surface area contributed by atoms with E-state index in [2.05, 4.69) is 16.7 Å². The van der Waals surface area contributed by atoms with E-state index in [1.165, 1.54) is 31.4 Å². The number of rotatable bonds is 10. The van der Waals surface area contributed by atoms with Gasteiger partial charge in [0.25, 0.3) is 0 Å². The van der Waals surface area contributed by atoms with Gasteiger partial charge in [-0.15, -0.1) is 0 Å². The summed E-state index contributed by atoms with van der Waals surface area (Å²) in [7, 11) is 0. The number of nitrogens with two attached hydrogens (primary N) is 1. The van der Waals surface area contributed by atoms with Crippen molar-refractivity contribution in [2.24, 2.45) is 10.9 Å². The predicted molar refractivity (Wildman–Crippen MR) is 72.3 cm³/mol. The van der Waals surface area contributed by atoms with E-state index in [4.69, 9.17) is 10.9 Å². The minimum Gasteiger partial charge on any atom is -0.409 e. The molecule has 0 radical (unpaired) electrons. The Hall–Kier alpha value is -0.420. The van der Waals surface area contributed by atoms with Crippen LogP contribution >= 0.6 is 11.8 Å². The predicted octanol–water partition coefficient (Wildman–Crippen LogP) is 2.02. The summed E-state index contributed by atoms with van der Waals surface area (Å²) in [4.78, 5) is 0. The maximum absolute atomic E-state index is 8.41. The molecule has 5 heteroatoms. The molecule has 96 valence electrons. The summed E-state index contributed by atoms with van der Waals surface area (Å²) in [6, 6.07) is 0.280. The van der Waals surface area contributed by atoms with Gasteiger partial charge in [0.15, 0.2) is 0 Å². The third-order valence-corrected chi connectivity index (χ3v) is 3.11. The standard InChI is InChI=1S/C11H25N3OS/c1-10(9-11(12)14-15)13-7-5-3-4-6-8-16-2/h10,13,15H,3-9H2,1-2H3,(H2,12,14). The summed E-state index contributed by atoms with van der Waals surface area (Å²) < 4.78 is 0. The average Bonchev–Trinajstić information content (AvgIpc) is 2.27. The van der Waals surface area contributed by atoms with Crippen LogP contribution in [0.25, 0.3) is 0 Å². The molecule has 0 saturated carbocycles. The van der Waals surface area contributed by atoms with Crippen LogP contribution in [0.2, 0.25) is 0 Å². The number of nitrogens with one attached hydrogen (secondary N) is 1. The first kappa shape index (κ1) is 15.6. The van der Waals surface area contributed by atoms with Gasteiger partial charge in [0.2, 0.25) is 0 Å². The third-order valence-electron chi connectivity index (χ3n) is 2.41. The van der Waals surface area contributed by atoms with Gasteiger partial charge in [-0.1, -0.05) is 18.0 Å². The molecule has 0 aromatic carbocycles. The molecule has 0 amide bonds. The Balaban J connectivity index is 3.24. The highest BCUT2D eigenvalue weighted by Crippen LogP contribution is 2.04. The lowest BCUT2D eigenvalue weighted by atomic mass is 10.2. The molecular weight excluding hydrogens is 222 g/mol. The number of nitrogens with zero attached hydrogens (tertiary/aromatic N) is 1. The molecule has 4 nitrogen and oxygen atoms in total. The lowest BCUT2D eigenvalue weighted by Crippen LogP contribution is -2.31. The zero-order chi connectivity index (χ0) is 12.2. The topological polar surface area (TPSA) is 70.6 Å². The van der Waals surface area contributed by atoms with Crippen molar-refractivity contribution in [3.05, 3.63) is 0 Å². The van der Waals surface area contributed by atoms with Gasteiger partial charge in [0.05, 0.1) is 0 Å². The smallest absolute Gasteiger partial charge is 0.140 e. The van der Waals surface area contributed by atoms with E-state index in [9.17, 15) is 0 Å². The van der Waals surface area contributed by atoms with Crippen molar-refractivity contribution in [1.29, 1.82) is 0 Å². The number of hydrogen-bond acceptors (Lipinski definition) is 4. The highest BCUT2D eigenvalue weighted by atomic mass is 32.2. The Kier molecular flexibility index (Phi) is 10.8. The molecule has 0 rings (SSSR count). The zero-order valence-electron chi connectivity index (χ0n) is 10.4. The van der Waals surface area contributed by atoms with Gasteiger partial charge in [-0.25, -0.2) is 0 Å². The minimum atomic E-state index is 0.280. The lowest BCUT2D eigenvalue weighted by molar-refractivity contribution is 0.316. The Labute approximate surface area is 103 Å². The van der Waals surface area contributed by atoms with Gasteiger partial charge in [-0.2, -0.15) is 11.8 Å². The molecular formula is C11H25N3OS. The van der Waals surface area contributed by atoms with Crippen LogP contribution in [-0.2, 0) is 0 Å². The van der Waals surface area contributed by atoms with Crippen molar-refractivity contribution in [1.82, 2.24) is 5.32 Å². The minimum absolute atomic E-state index is 0.280. The third kappa shape index (κ3) is 10.1. The van der Waals surface area contributed by atoms with E-state index in [1.807, 2.05) is 18.7 Å².